The number of carbonyl (C=O) groups is 2. The smallest absolute Gasteiger partial charge is 0.337 e. The minimum atomic E-state index is -0.764. The summed E-state index contributed by atoms with van der Waals surface area (Å²) < 4.78 is 34.4. The number of rotatable bonds is 7. The van der Waals surface area contributed by atoms with E-state index in [-0.39, 0.29) is 31.2 Å². The second kappa shape index (κ2) is 10.7. The third kappa shape index (κ3) is 5.72. The molecule has 35 heavy (non-hydrogen) atoms. The summed E-state index contributed by atoms with van der Waals surface area (Å²) in [7, 11) is 2.66. The van der Waals surface area contributed by atoms with E-state index in [2.05, 4.69) is 25.2 Å². The van der Waals surface area contributed by atoms with Gasteiger partial charge in [0.25, 0.3) is 5.91 Å². The summed E-state index contributed by atoms with van der Waals surface area (Å²) in [6, 6.07) is 5.88. The average molecular weight is 488 g/mol. The number of carbonyl (C=O) groups excluding carboxylic acids is 2. The molecule has 1 aromatic heterocycles. The predicted molar refractivity (Wildman–Crippen MR) is 118 cm³/mol. The number of hydrogen-bond donors (Lipinski definition) is 1. The van der Waals surface area contributed by atoms with E-state index in [0.717, 1.165) is 0 Å². The minimum absolute atomic E-state index is 0.0589. The number of nitrogens with zero attached hydrogens (tertiary/aromatic N) is 3. The Bertz CT molecular complexity index is 1130. The van der Waals surface area contributed by atoms with Crippen molar-refractivity contribution in [2.75, 3.05) is 27.4 Å². The molecule has 0 bridgehead atoms. The van der Waals surface area contributed by atoms with Gasteiger partial charge in [-0.1, -0.05) is 11.2 Å². The zero-order valence-corrected chi connectivity index (χ0v) is 19.4. The van der Waals surface area contributed by atoms with E-state index in [4.69, 9.17) is 19.0 Å². The molecule has 4 rings (SSSR count). The number of benzene rings is 1. The number of methoxy groups -OCH3 is 2. The van der Waals surface area contributed by atoms with E-state index < -0.39 is 36.0 Å². The molecule has 0 unspecified atom stereocenters. The van der Waals surface area contributed by atoms with Gasteiger partial charge in [0, 0.05) is 13.0 Å². The summed E-state index contributed by atoms with van der Waals surface area (Å²) in [6.45, 7) is 2.04. The van der Waals surface area contributed by atoms with Crippen LogP contribution in [0.3, 0.4) is 0 Å². The second-order valence-electron chi connectivity index (χ2n) is 7.94. The molecule has 0 spiro atoms. The van der Waals surface area contributed by atoms with Gasteiger partial charge < -0.3 is 29.1 Å². The summed E-state index contributed by atoms with van der Waals surface area (Å²) >= 11 is 0. The third-order valence-electron chi connectivity index (χ3n) is 5.53. The highest BCUT2D eigenvalue weighted by molar-refractivity contribution is 6.02. The lowest BCUT2D eigenvalue weighted by Crippen LogP contribution is -2.45. The first-order valence-electron chi connectivity index (χ1n) is 10.9. The molecule has 0 aliphatic carbocycles. The molecule has 0 radical (unpaired) electrons. The first-order chi connectivity index (χ1) is 16.9. The van der Waals surface area contributed by atoms with Crippen molar-refractivity contribution in [3.8, 4) is 5.75 Å². The van der Waals surface area contributed by atoms with E-state index in [0.29, 0.717) is 29.2 Å². The standard InChI is InChI=1S/C23H25FN4O7/c1-12-26-15(16-8-19(35-28-16)20-10-34-21(11-33-20)23(30)32-3)7-17(27-12)22(29)25-9-13-4-5-14(24)18(6-13)31-2/h4-7,19-21H,8-11H2,1-3H3,(H,25,29)/t19-,20+,21-/m0/s1. The molecule has 1 N–H and O–H groups in total. The van der Waals surface area contributed by atoms with E-state index in [1.54, 1.807) is 13.0 Å². The SMILES string of the molecule is COC(=O)[C@@H]1CO[C@@H]([C@@H]2CC(c3cc(C(=O)NCc4ccc(F)c(OC)c4)nc(C)n3)=NO2)CO1. The normalized spacial score (nSPS) is 21.6. The summed E-state index contributed by atoms with van der Waals surface area (Å²) in [4.78, 5) is 38.4. The van der Waals surface area contributed by atoms with Crippen molar-refractivity contribution in [2.45, 2.75) is 38.2 Å². The van der Waals surface area contributed by atoms with Crippen molar-refractivity contribution in [3.05, 3.63) is 52.9 Å². The molecule has 186 valence electrons. The fourth-order valence-electron chi connectivity index (χ4n) is 3.67. The highest BCUT2D eigenvalue weighted by atomic mass is 19.1. The summed E-state index contributed by atoms with van der Waals surface area (Å²) in [5.74, 6) is -0.910. The molecule has 2 aromatic rings. The number of ether oxygens (including phenoxy) is 4. The molecule has 12 heteroatoms. The molecule has 1 amide bonds. The lowest BCUT2D eigenvalue weighted by Gasteiger charge is -2.30. The van der Waals surface area contributed by atoms with Gasteiger partial charge >= 0.3 is 5.97 Å². The van der Waals surface area contributed by atoms with Crippen LogP contribution in [0.5, 0.6) is 5.75 Å². The van der Waals surface area contributed by atoms with Crippen LogP contribution in [0.15, 0.2) is 29.4 Å². The maximum Gasteiger partial charge on any atom is 0.337 e. The van der Waals surface area contributed by atoms with Crippen LogP contribution in [0, 0.1) is 12.7 Å². The minimum Gasteiger partial charge on any atom is -0.494 e. The van der Waals surface area contributed by atoms with Crippen LogP contribution in [-0.2, 0) is 30.4 Å². The van der Waals surface area contributed by atoms with Crippen LogP contribution in [0.2, 0.25) is 0 Å². The van der Waals surface area contributed by atoms with Crippen LogP contribution in [0.25, 0.3) is 0 Å². The Kier molecular flexibility index (Phi) is 7.51. The van der Waals surface area contributed by atoms with Crippen LogP contribution < -0.4 is 10.1 Å². The third-order valence-corrected chi connectivity index (χ3v) is 5.53. The molecule has 3 heterocycles. The number of esters is 1. The monoisotopic (exact) mass is 488 g/mol. The van der Waals surface area contributed by atoms with Gasteiger partial charge in [-0.3, -0.25) is 4.79 Å². The molecule has 1 fully saturated rings. The number of aromatic nitrogens is 2. The Balaban J connectivity index is 1.37. The van der Waals surface area contributed by atoms with Crippen LogP contribution in [-0.4, -0.2) is 73.3 Å². The number of aryl methyl sites for hydroxylation is 1. The zero-order valence-electron chi connectivity index (χ0n) is 19.4. The molecule has 2 aliphatic rings. The lowest BCUT2D eigenvalue weighted by atomic mass is 10.0. The molecule has 0 saturated carbocycles. The van der Waals surface area contributed by atoms with Gasteiger partial charge in [0.15, 0.2) is 23.8 Å². The largest absolute Gasteiger partial charge is 0.494 e. The zero-order chi connectivity index (χ0) is 24.9. The quantitative estimate of drug-likeness (QED) is 0.573. The fourth-order valence-corrected chi connectivity index (χ4v) is 3.67. The van der Waals surface area contributed by atoms with Crippen molar-refractivity contribution in [3.63, 3.8) is 0 Å². The van der Waals surface area contributed by atoms with Gasteiger partial charge in [0.2, 0.25) is 0 Å². The molecule has 2 aliphatic heterocycles. The van der Waals surface area contributed by atoms with Crippen molar-refractivity contribution in [1.82, 2.24) is 15.3 Å². The number of oxime groups is 1. The van der Waals surface area contributed by atoms with Gasteiger partial charge in [0.05, 0.1) is 33.1 Å². The van der Waals surface area contributed by atoms with Crippen LogP contribution in [0.1, 0.15) is 34.0 Å². The molecular weight excluding hydrogens is 463 g/mol. The topological polar surface area (TPSA) is 130 Å². The first-order valence-corrected chi connectivity index (χ1v) is 10.9. The van der Waals surface area contributed by atoms with Gasteiger partial charge in [-0.2, -0.15) is 0 Å². The van der Waals surface area contributed by atoms with E-state index in [1.165, 1.54) is 32.4 Å². The number of halogens is 1. The number of hydrogen-bond acceptors (Lipinski definition) is 10. The second-order valence-corrected chi connectivity index (χ2v) is 7.94. The van der Waals surface area contributed by atoms with Crippen molar-refractivity contribution in [2.24, 2.45) is 5.16 Å². The lowest BCUT2D eigenvalue weighted by molar-refractivity contribution is -0.192. The van der Waals surface area contributed by atoms with E-state index in [9.17, 15) is 14.0 Å². The van der Waals surface area contributed by atoms with Crippen LogP contribution >= 0.6 is 0 Å². The van der Waals surface area contributed by atoms with E-state index in [1.807, 2.05) is 0 Å². The molecule has 1 aromatic carbocycles. The van der Waals surface area contributed by atoms with Crippen molar-refractivity contribution in [1.29, 1.82) is 0 Å². The average Bonchev–Trinajstić information content (AvgIpc) is 3.38. The Morgan fingerprint density at radius 2 is 1.97 bits per heavy atom. The Labute approximate surface area is 200 Å². The summed E-state index contributed by atoms with van der Waals surface area (Å²) in [6.07, 6.45) is -1.23. The van der Waals surface area contributed by atoms with Gasteiger partial charge in [-0.15, -0.1) is 0 Å². The molecule has 11 nitrogen and oxygen atoms in total. The molecular formula is C23H25FN4O7. The maximum absolute atomic E-state index is 13.6. The fraction of sp³-hybridized carbons (Fsp3) is 0.435. The van der Waals surface area contributed by atoms with Gasteiger partial charge in [0.1, 0.15) is 23.3 Å². The molecule has 3 atom stereocenters. The van der Waals surface area contributed by atoms with Gasteiger partial charge in [-0.25, -0.2) is 19.2 Å². The molecule has 1 saturated heterocycles. The van der Waals surface area contributed by atoms with Crippen molar-refractivity contribution >= 4 is 17.6 Å². The van der Waals surface area contributed by atoms with E-state index >= 15 is 0 Å². The Hall–Kier alpha value is -3.64. The highest BCUT2D eigenvalue weighted by Crippen LogP contribution is 2.23. The Morgan fingerprint density at radius 1 is 1.14 bits per heavy atom. The Morgan fingerprint density at radius 3 is 2.69 bits per heavy atom. The predicted octanol–water partition coefficient (Wildman–Crippen LogP) is 1.31. The highest BCUT2D eigenvalue weighted by Gasteiger charge is 2.37. The van der Waals surface area contributed by atoms with Gasteiger partial charge in [-0.05, 0) is 30.7 Å². The maximum atomic E-state index is 13.6. The number of amides is 1. The first kappa shape index (κ1) is 24.5. The number of nitrogens with one attached hydrogen (secondary N) is 1. The van der Waals surface area contributed by atoms with Crippen molar-refractivity contribution < 1.29 is 37.8 Å². The van der Waals surface area contributed by atoms with Crippen LogP contribution in [0.4, 0.5) is 4.39 Å². The summed E-state index contributed by atoms with van der Waals surface area (Å²) in [5.41, 5.74) is 1.82. The summed E-state index contributed by atoms with van der Waals surface area (Å²) in [5, 5.41) is 6.87.